The summed E-state index contributed by atoms with van der Waals surface area (Å²) in [6.07, 6.45) is 7.49. The lowest BCUT2D eigenvalue weighted by atomic mass is 9.91. The van der Waals surface area contributed by atoms with Crippen LogP contribution >= 0.6 is 0 Å². The molecule has 1 aromatic rings. The van der Waals surface area contributed by atoms with E-state index in [-0.39, 0.29) is 12.1 Å². The van der Waals surface area contributed by atoms with E-state index in [1.54, 1.807) is 0 Å². The van der Waals surface area contributed by atoms with Crippen molar-refractivity contribution in [2.75, 3.05) is 5.32 Å². The van der Waals surface area contributed by atoms with Crippen LogP contribution in [0.5, 0.6) is 0 Å². The number of aryl methyl sites for hydroxylation is 1. The van der Waals surface area contributed by atoms with Gasteiger partial charge in [-0.15, -0.1) is 0 Å². The molecule has 1 aliphatic rings. The molecule has 2 N–H and O–H groups in total. The number of nitrogens with one attached hydrogen (secondary N) is 2. The standard InChI is InChI=1S/C17H27N3O2/c1-12-8-15(11-18-10-12)19-13-6-5-7-14(9-13)20-16(21)22-17(2,3)4/h8,10-11,13-14,19H,5-7,9H2,1-4H3,(H,20,21). The summed E-state index contributed by atoms with van der Waals surface area (Å²) >= 11 is 0. The quantitative estimate of drug-likeness (QED) is 0.895. The van der Waals surface area contributed by atoms with Crippen LogP contribution in [0.1, 0.15) is 52.0 Å². The highest BCUT2D eigenvalue weighted by Gasteiger charge is 2.25. The lowest BCUT2D eigenvalue weighted by molar-refractivity contribution is 0.0492. The van der Waals surface area contributed by atoms with E-state index in [4.69, 9.17) is 4.74 Å². The molecule has 1 fully saturated rings. The number of hydrogen-bond donors (Lipinski definition) is 2. The van der Waals surface area contributed by atoms with Crippen molar-refractivity contribution in [1.29, 1.82) is 0 Å². The summed E-state index contributed by atoms with van der Waals surface area (Å²) in [5.74, 6) is 0. The van der Waals surface area contributed by atoms with Gasteiger partial charge in [-0.1, -0.05) is 0 Å². The molecule has 0 bridgehead atoms. The molecule has 1 heterocycles. The summed E-state index contributed by atoms with van der Waals surface area (Å²) in [5.41, 5.74) is 1.73. The Morgan fingerprint density at radius 1 is 1.27 bits per heavy atom. The first-order chi connectivity index (χ1) is 10.3. The van der Waals surface area contributed by atoms with E-state index < -0.39 is 5.60 Å². The molecular formula is C17H27N3O2. The lowest BCUT2D eigenvalue weighted by Crippen LogP contribution is -2.43. The second kappa shape index (κ2) is 6.99. The van der Waals surface area contributed by atoms with Gasteiger partial charge in [0.2, 0.25) is 0 Å². The molecule has 1 aromatic heterocycles. The third-order valence-corrected chi connectivity index (χ3v) is 3.64. The topological polar surface area (TPSA) is 63.2 Å². The lowest BCUT2D eigenvalue weighted by Gasteiger charge is -2.31. The van der Waals surface area contributed by atoms with Crippen LogP contribution in [0.2, 0.25) is 0 Å². The first-order valence-electron chi connectivity index (χ1n) is 7.99. The van der Waals surface area contributed by atoms with Gasteiger partial charge in [0.1, 0.15) is 5.60 Å². The molecule has 22 heavy (non-hydrogen) atoms. The van der Waals surface area contributed by atoms with Crippen molar-refractivity contribution in [1.82, 2.24) is 10.3 Å². The maximum Gasteiger partial charge on any atom is 0.407 e. The molecular weight excluding hydrogens is 278 g/mol. The molecule has 5 nitrogen and oxygen atoms in total. The second-order valence-electron chi connectivity index (χ2n) is 7.10. The van der Waals surface area contributed by atoms with Gasteiger partial charge < -0.3 is 15.4 Å². The fourth-order valence-electron chi connectivity index (χ4n) is 2.80. The van der Waals surface area contributed by atoms with Crippen molar-refractivity contribution >= 4 is 11.8 Å². The van der Waals surface area contributed by atoms with Crippen molar-refractivity contribution in [3.05, 3.63) is 24.0 Å². The number of carbonyl (C=O) groups is 1. The van der Waals surface area contributed by atoms with Gasteiger partial charge in [0.25, 0.3) is 0 Å². The molecule has 0 saturated heterocycles. The van der Waals surface area contributed by atoms with Crippen molar-refractivity contribution < 1.29 is 9.53 Å². The molecule has 0 spiro atoms. The minimum atomic E-state index is -0.455. The maximum absolute atomic E-state index is 11.9. The van der Waals surface area contributed by atoms with Gasteiger partial charge >= 0.3 is 6.09 Å². The van der Waals surface area contributed by atoms with Gasteiger partial charge in [0.05, 0.1) is 5.69 Å². The highest BCUT2D eigenvalue weighted by atomic mass is 16.6. The molecule has 0 aliphatic heterocycles. The molecule has 0 aromatic carbocycles. The predicted molar refractivity (Wildman–Crippen MR) is 88.0 cm³/mol. The van der Waals surface area contributed by atoms with E-state index in [1.165, 1.54) is 0 Å². The van der Waals surface area contributed by atoms with Crippen LogP contribution in [0.3, 0.4) is 0 Å². The van der Waals surface area contributed by atoms with Crippen LogP contribution in [-0.4, -0.2) is 28.8 Å². The van der Waals surface area contributed by atoms with Crippen LogP contribution < -0.4 is 10.6 Å². The number of anilines is 1. The average Bonchev–Trinajstić information content (AvgIpc) is 2.36. The van der Waals surface area contributed by atoms with Crippen molar-refractivity contribution in [3.63, 3.8) is 0 Å². The Labute approximate surface area is 132 Å². The Hall–Kier alpha value is -1.78. The normalized spacial score (nSPS) is 22.0. The summed E-state index contributed by atoms with van der Waals surface area (Å²) in [6, 6.07) is 2.62. The molecule has 5 heteroatoms. The van der Waals surface area contributed by atoms with E-state index in [0.717, 1.165) is 36.9 Å². The van der Waals surface area contributed by atoms with Crippen LogP contribution in [0, 0.1) is 6.92 Å². The third-order valence-electron chi connectivity index (χ3n) is 3.64. The zero-order valence-corrected chi connectivity index (χ0v) is 14.0. The van der Waals surface area contributed by atoms with Crippen LogP contribution in [0.25, 0.3) is 0 Å². The minimum Gasteiger partial charge on any atom is -0.444 e. The highest BCUT2D eigenvalue weighted by molar-refractivity contribution is 5.68. The zero-order valence-electron chi connectivity index (χ0n) is 14.0. The Kier molecular flexibility index (Phi) is 5.27. The Balaban J connectivity index is 1.85. The summed E-state index contributed by atoms with van der Waals surface area (Å²) in [5, 5.41) is 6.50. The molecule has 2 rings (SSSR count). The van der Waals surface area contributed by atoms with Gasteiger partial charge in [-0.3, -0.25) is 4.98 Å². The molecule has 1 saturated carbocycles. The minimum absolute atomic E-state index is 0.166. The second-order valence-corrected chi connectivity index (χ2v) is 7.10. The molecule has 1 amide bonds. The Morgan fingerprint density at radius 2 is 2.00 bits per heavy atom. The van der Waals surface area contributed by atoms with Gasteiger partial charge in [0, 0.05) is 24.5 Å². The number of nitrogens with zero attached hydrogens (tertiary/aromatic N) is 1. The van der Waals surface area contributed by atoms with E-state index in [1.807, 2.05) is 40.1 Å². The number of hydrogen-bond acceptors (Lipinski definition) is 4. The predicted octanol–water partition coefficient (Wildman–Crippen LogP) is 3.64. The number of ether oxygens (including phenoxy) is 1. The van der Waals surface area contributed by atoms with Crippen LogP contribution in [-0.2, 0) is 4.74 Å². The summed E-state index contributed by atoms with van der Waals surface area (Å²) in [7, 11) is 0. The van der Waals surface area contributed by atoms with E-state index >= 15 is 0 Å². The zero-order chi connectivity index (χ0) is 16.2. The number of rotatable bonds is 3. The van der Waals surface area contributed by atoms with Crippen molar-refractivity contribution in [3.8, 4) is 0 Å². The fourth-order valence-corrected chi connectivity index (χ4v) is 2.80. The molecule has 0 radical (unpaired) electrons. The van der Waals surface area contributed by atoms with E-state index in [0.29, 0.717) is 6.04 Å². The fraction of sp³-hybridized carbons (Fsp3) is 0.647. The maximum atomic E-state index is 11.9. The SMILES string of the molecule is Cc1cncc(NC2CCCC(NC(=O)OC(C)(C)C)C2)c1. The largest absolute Gasteiger partial charge is 0.444 e. The molecule has 2 atom stereocenters. The molecule has 1 aliphatic carbocycles. The van der Waals surface area contributed by atoms with Crippen LogP contribution in [0.15, 0.2) is 18.5 Å². The number of carbonyl (C=O) groups excluding carboxylic acids is 1. The smallest absolute Gasteiger partial charge is 0.407 e. The first kappa shape index (κ1) is 16.6. The Morgan fingerprint density at radius 3 is 2.68 bits per heavy atom. The van der Waals surface area contributed by atoms with Gasteiger partial charge in [-0.05, 0) is 65.0 Å². The highest BCUT2D eigenvalue weighted by Crippen LogP contribution is 2.22. The van der Waals surface area contributed by atoms with Crippen LogP contribution in [0.4, 0.5) is 10.5 Å². The number of alkyl carbamates (subject to hydrolysis) is 1. The van der Waals surface area contributed by atoms with E-state index in [9.17, 15) is 4.79 Å². The number of aromatic nitrogens is 1. The molecule has 2 unspecified atom stereocenters. The van der Waals surface area contributed by atoms with Crippen molar-refractivity contribution in [2.45, 2.75) is 71.1 Å². The number of amides is 1. The first-order valence-corrected chi connectivity index (χ1v) is 7.99. The molecule has 122 valence electrons. The van der Waals surface area contributed by atoms with Gasteiger partial charge in [-0.2, -0.15) is 0 Å². The van der Waals surface area contributed by atoms with E-state index in [2.05, 4.69) is 21.7 Å². The van der Waals surface area contributed by atoms with Gasteiger partial charge in [0.15, 0.2) is 0 Å². The Bertz CT molecular complexity index is 511. The van der Waals surface area contributed by atoms with Gasteiger partial charge in [-0.25, -0.2) is 4.79 Å². The number of pyridine rings is 1. The summed E-state index contributed by atoms with van der Waals surface area (Å²) in [6.45, 7) is 7.67. The monoisotopic (exact) mass is 305 g/mol. The summed E-state index contributed by atoms with van der Waals surface area (Å²) < 4.78 is 5.33. The third kappa shape index (κ3) is 5.54. The average molecular weight is 305 g/mol. The summed E-state index contributed by atoms with van der Waals surface area (Å²) in [4.78, 5) is 16.1. The van der Waals surface area contributed by atoms with Crippen molar-refractivity contribution in [2.24, 2.45) is 0 Å².